The molecule has 0 saturated carbocycles. The van der Waals surface area contributed by atoms with E-state index in [1.165, 1.54) is 12.1 Å². The minimum Gasteiger partial charge on any atom is -0.296 e. The standard InChI is InChI=1S/C11H7FN2O/c12-11-10(4-3-9(7-15)14-11)8-2-1-5-13-6-8/h1-7H. The summed E-state index contributed by atoms with van der Waals surface area (Å²) >= 11 is 0. The summed E-state index contributed by atoms with van der Waals surface area (Å²) in [5.74, 6) is -0.660. The molecular weight excluding hydrogens is 195 g/mol. The summed E-state index contributed by atoms with van der Waals surface area (Å²) in [6, 6.07) is 6.43. The van der Waals surface area contributed by atoms with Gasteiger partial charge in [-0.15, -0.1) is 0 Å². The van der Waals surface area contributed by atoms with E-state index in [4.69, 9.17) is 0 Å². The SMILES string of the molecule is O=Cc1ccc(-c2cccnc2)c(F)n1. The molecule has 0 aliphatic carbocycles. The van der Waals surface area contributed by atoms with Crippen LogP contribution in [0.25, 0.3) is 11.1 Å². The van der Waals surface area contributed by atoms with E-state index < -0.39 is 5.95 Å². The van der Waals surface area contributed by atoms with Crippen LogP contribution >= 0.6 is 0 Å². The number of hydrogen-bond acceptors (Lipinski definition) is 3. The molecule has 0 saturated heterocycles. The van der Waals surface area contributed by atoms with Gasteiger partial charge in [-0.25, -0.2) is 4.98 Å². The molecule has 0 spiro atoms. The zero-order chi connectivity index (χ0) is 10.7. The quantitative estimate of drug-likeness (QED) is 0.553. The van der Waals surface area contributed by atoms with Gasteiger partial charge < -0.3 is 0 Å². The van der Waals surface area contributed by atoms with Gasteiger partial charge in [0.25, 0.3) is 0 Å². The Bertz CT molecular complexity index is 485. The molecule has 2 aromatic rings. The van der Waals surface area contributed by atoms with Crippen LogP contribution in [0.3, 0.4) is 0 Å². The highest BCUT2D eigenvalue weighted by atomic mass is 19.1. The molecule has 0 fully saturated rings. The molecule has 0 unspecified atom stereocenters. The van der Waals surface area contributed by atoms with E-state index in [-0.39, 0.29) is 5.69 Å². The van der Waals surface area contributed by atoms with Crippen molar-refractivity contribution in [1.29, 1.82) is 0 Å². The minimum atomic E-state index is -0.660. The number of aldehydes is 1. The zero-order valence-electron chi connectivity index (χ0n) is 7.72. The number of pyridine rings is 2. The third-order valence-electron chi connectivity index (χ3n) is 1.96. The maximum atomic E-state index is 13.4. The molecule has 15 heavy (non-hydrogen) atoms. The van der Waals surface area contributed by atoms with Crippen molar-refractivity contribution < 1.29 is 9.18 Å². The predicted octanol–water partition coefficient (Wildman–Crippen LogP) is 2.10. The second-order valence-electron chi connectivity index (χ2n) is 2.93. The Kier molecular flexibility index (Phi) is 2.49. The summed E-state index contributed by atoms with van der Waals surface area (Å²) in [5.41, 5.74) is 1.06. The van der Waals surface area contributed by atoms with Gasteiger partial charge in [-0.1, -0.05) is 6.07 Å². The van der Waals surface area contributed by atoms with Crippen LogP contribution in [0.4, 0.5) is 4.39 Å². The Morgan fingerprint density at radius 2 is 2.13 bits per heavy atom. The summed E-state index contributed by atoms with van der Waals surface area (Å²) in [7, 11) is 0. The second-order valence-corrected chi connectivity index (χ2v) is 2.93. The topological polar surface area (TPSA) is 42.9 Å². The molecule has 0 amide bonds. The molecule has 0 atom stereocenters. The van der Waals surface area contributed by atoms with Crippen LogP contribution in [-0.2, 0) is 0 Å². The van der Waals surface area contributed by atoms with Crippen molar-refractivity contribution in [2.45, 2.75) is 0 Å². The van der Waals surface area contributed by atoms with Gasteiger partial charge in [0, 0.05) is 23.5 Å². The molecular formula is C11H7FN2O. The van der Waals surface area contributed by atoms with Crippen molar-refractivity contribution in [3.8, 4) is 11.1 Å². The van der Waals surface area contributed by atoms with E-state index in [1.807, 2.05) is 0 Å². The summed E-state index contributed by atoms with van der Waals surface area (Å²) in [6.45, 7) is 0. The van der Waals surface area contributed by atoms with Gasteiger partial charge in [-0.05, 0) is 18.2 Å². The van der Waals surface area contributed by atoms with E-state index in [1.54, 1.807) is 24.5 Å². The lowest BCUT2D eigenvalue weighted by Crippen LogP contribution is -1.94. The zero-order valence-corrected chi connectivity index (χ0v) is 7.72. The van der Waals surface area contributed by atoms with Crippen LogP contribution in [0.2, 0.25) is 0 Å². The highest BCUT2D eigenvalue weighted by molar-refractivity contribution is 5.73. The van der Waals surface area contributed by atoms with E-state index in [0.717, 1.165) is 0 Å². The number of halogens is 1. The Hall–Kier alpha value is -2.10. The number of carbonyl (C=O) groups excluding carboxylic acids is 1. The van der Waals surface area contributed by atoms with Gasteiger partial charge >= 0.3 is 0 Å². The van der Waals surface area contributed by atoms with Crippen LogP contribution in [0.1, 0.15) is 10.5 Å². The van der Waals surface area contributed by atoms with Crippen LogP contribution in [0, 0.1) is 5.95 Å². The van der Waals surface area contributed by atoms with Crippen molar-refractivity contribution in [3.63, 3.8) is 0 Å². The predicted molar refractivity (Wildman–Crippen MR) is 52.8 cm³/mol. The molecule has 0 aliphatic rings. The monoisotopic (exact) mass is 202 g/mol. The molecule has 74 valence electrons. The third kappa shape index (κ3) is 1.88. The summed E-state index contributed by atoms with van der Waals surface area (Å²) in [4.78, 5) is 17.8. The molecule has 0 N–H and O–H groups in total. The fraction of sp³-hybridized carbons (Fsp3) is 0. The Morgan fingerprint density at radius 3 is 2.73 bits per heavy atom. The summed E-state index contributed by atoms with van der Waals surface area (Å²) < 4.78 is 13.4. The molecule has 2 rings (SSSR count). The third-order valence-corrected chi connectivity index (χ3v) is 1.96. The van der Waals surface area contributed by atoms with Crippen molar-refractivity contribution in [3.05, 3.63) is 48.3 Å². The van der Waals surface area contributed by atoms with E-state index in [0.29, 0.717) is 17.4 Å². The van der Waals surface area contributed by atoms with Crippen molar-refractivity contribution in [1.82, 2.24) is 9.97 Å². The Balaban J connectivity index is 2.51. The first-order chi connectivity index (χ1) is 7.31. The molecule has 0 aliphatic heterocycles. The second kappa shape index (κ2) is 3.96. The maximum Gasteiger partial charge on any atom is 0.221 e. The van der Waals surface area contributed by atoms with Gasteiger partial charge in [0.15, 0.2) is 6.29 Å². The van der Waals surface area contributed by atoms with Gasteiger partial charge in [-0.2, -0.15) is 4.39 Å². The molecule has 0 aromatic carbocycles. The first-order valence-electron chi connectivity index (χ1n) is 4.33. The lowest BCUT2D eigenvalue weighted by Gasteiger charge is -2.01. The first kappa shape index (κ1) is 9.45. The maximum absolute atomic E-state index is 13.4. The minimum absolute atomic E-state index is 0.0835. The van der Waals surface area contributed by atoms with Crippen molar-refractivity contribution in [2.24, 2.45) is 0 Å². The van der Waals surface area contributed by atoms with E-state index in [2.05, 4.69) is 9.97 Å². The highest BCUT2D eigenvalue weighted by Crippen LogP contribution is 2.20. The largest absolute Gasteiger partial charge is 0.296 e. The molecule has 4 heteroatoms. The average molecular weight is 202 g/mol. The summed E-state index contributed by atoms with van der Waals surface area (Å²) in [6.07, 6.45) is 3.66. The van der Waals surface area contributed by atoms with Crippen LogP contribution in [0.5, 0.6) is 0 Å². The van der Waals surface area contributed by atoms with Gasteiger partial charge in [0.2, 0.25) is 5.95 Å². The lowest BCUT2D eigenvalue weighted by atomic mass is 10.1. The smallest absolute Gasteiger partial charge is 0.221 e. The fourth-order valence-electron chi connectivity index (χ4n) is 1.25. The lowest BCUT2D eigenvalue weighted by molar-refractivity contribution is 0.111. The van der Waals surface area contributed by atoms with Crippen molar-refractivity contribution >= 4 is 6.29 Å². The fourth-order valence-corrected chi connectivity index (χ4v) is 1.25. The van der Waals surface area contributed by atoms with Gasteiger partial charge in [-0.3, -0.25) is 9.78 Å². The summed E-state index contributed by atoms with van der Waals surface area (Å²) in [5, 5.41) is 0. The van der Waals surface area contributed by atoms with E-state index in [9.17, 15) is 9.18 Å². The number of rotatable bonds is 2. The Morgan fingerprint density at radius 1 is 1.27 bits per heavy atom. The van der Waals surface area contributed by atoms with Crippen LogP contribution in [0.15, 0.2) is 36.7 Å². The molecule has 3 nitrogen and oxygen atoms in total. The molecule has 2 heterocycles. The van der Waals surface area contributed by atoms with Crippen LogP contribution < -0.4 is 0 Å². The Labute approximate surface area is 85.6 Å². The van der Waals surface area contributed by atoms with E-state index >= 15 is 0 Å². The molecule has 2 aromatic heterocycles. The highest BCUT2D eigenvalue weighted by Gasteiger charge is 2.06. The average Bonchev–Trinajstić information content (AvgIpc) is 2.30. The van der Waals surface area contributed by atoms with Crippen LogP contribution in [-0.4, -0.2) is 16.3 Å². The number of carbonyl (C=O) groups is 1. The number of aromatic nitrogens is 2. The number of hydrogen-bond donors (Lipinski definition) is 0. The normalized spacial score (nSPS) is 9.93. The van der Waals surface area contributed by atoms with Gasteiger partial charge in [0.1, 0.15) is 5.69 Å². The molecule has 0 radical (unpaired) electrons. The van der Waals surface area contributed by atoms with Crippen molar-refractivity contribution in [2.75, 3.05) is 0 Å². The number of nitrogens with zero attached hydrogens (tertiary/aromatic N) is 2. The molecule has 0 bridgehead atoms. The van der Waals surface area contributed by atoms with Gasteiger partial charge in [0.05, 0.1) is 0 Å². The first-order valence-corrected chi connectivity index (χ1v) is 4.33.